The maximum atomic E-state index is 10.9. The SMILES string of the molecule is CC(=O)Nc1ccc(OCCNCC(O)c2ccc(O)c(O)c2)cc1.Cl. The van der Waals surface area contributed by atoms with Crippen molar-refractivity contribution in [1.29, 1.82) is 0 Å². The normalized spacial score (nSPS) is 11.3. The standard InChI is InChI=1S/C18H22N2O5.ClH/c1-12(21)20-14-3-5-15(6-4-14)25-9-8-19-11-18(24)13-2-7-16(22)17(23)10-13;/h2-7,10,18-19,22-24H,8-9,11H2,1H3,(H,20,21);1H. The highest BCUT2D eigenvalue weighted by atomic mass is 35.5. The first-order valence-corrected chi connectivity index (χ1v) is 7.87. The fourth-order valence-corrected chi connectivity index (χ4v) is 2.18. The molecule has 0 saturated heterocycles. The lowest BCUT2D eigenvalue weighted by atomic mass is 10.1. The largest absolute Gasteiger partial charge is 0.504 e. The van der Waals surface area contributed by atoms with E-state index in [9.17, 15) is 20.1 Å². The minimum atomic E-state index is -0.802. The van der Waals surface area contributed by atoms with Crippen LogP contribution in [0.2, 0.25) is 0 Å². The van der Waals surface area contributed by atoms with Crippen molar-refractivity contribution in [2.45, 2.75) is 13.0 Å². The summed E-state index contributed by atoms with van der Waals surface area (Å²) < 4.78 is 5.56. The van der Waals surface area contributed by atoms with Gasteiger partial charge in [-0.25, -0.2) is 0 Å². The maximum Gasteiger partial charge on any atom is 0.221 e. The van der Waals surface area contributed by atoms with E-state index >= 15 is 0 Å². The van der Waals surface area contributed by atoms with Crippen molar-refractivity contribution >= 4 is 24.0 Å². The molecule has 0 saturated carbocycles. The van der Waals surface area contributed by atoms with Crippen LogP contribution in [0.1, 0.15) is 18.6 Å². The molecular formula is C18H23ClN2O5. The molecule has 2 aromatic carbocycles. The molecule has 0 heterocycles. The van der Waals surface area contributed by atoms with Gasteiger partial charge in [0.25, 0.3) is 0 Å². The zero-order chi connectivity index (χ0) is 18.2. The van der Waals surface area contributed by atoms with Crippen LogP contribution < -0.4 is 15.4 Å². The van der Waals surface area contributed by atoms with Gasteiger partial charge in [-0.15, -0.1) is 12.4 Å². The molecule has 0 aliphatic carbocycles. The molecule has 8 heteroatoms. The summed E-state index contributed by atoms with van der Waals surface area (Å²) in [6, 6.07) is 11.3. The molecule has 142 valence electrons. The molecule has 26 heavy (non-hydrogen) atoms. The summed E-state index contributed by atoms with van der Waals surface area (Å²) in [6.45, 7) is 2.67. The number of ether oxygens (including phenoxy) is 1. The average molecular weight is 383 g/mol. The predicted octanol–water partition coefficient (Wildman–Crippen LogP) is 2.18. The van der Waals surface area contributed by atoms with E-state index in [-0.39, 0.29) is 36.4 Å². The number of benzene rings is 2. The first-order valence-electron chi connectivity index (χ1n) is 7.87. The monoisotopic (exact) mass is 382 g/mol. The number of aliphatic hydroxyl groups excluding tert-OH is 1. The van der Waals surface area contributed by atoms with E-state index in [0.717, 1.165) is 0 Å². The molecular weight excluding hydrogens is 360 g/mol. The first-order chi connectivity index (χ1) is 12.0. The van der Waals surface area contributed by atoms with E-state index in [4.69, 9.17) is 4.74 Å². The molecule has 0 radical (unpaired) electrons. The first kappa shape index (κ1) is 21.6. The van der Waals surface area contributed by atoms with Gasteiger partial charge in [0, 0.05) is 25.7 Å². The Hall–Kier alpha value is -2.48. The van der Waals surface area contributed by atoms with Crippen LogP contribution in [0, 0.1) is 0 Å². The van der Waals surface area contributed by atoms with Crippen LogP contribution in [0.25, 0.3) is 0 Å². The van der Waals surface area contributed by atoms with Crippen LogP contribution >= 0.6 is 12.4 Å². The number of aromatic hydroxyl groups is 2. The summed E-state index contributed by atoms with van der Waals surface area (Å²) in [5.41, 5.74) is 1.22. The number of carbonyl (C=O) groups is 1. The van der Waals surface area contributed by atoms with Gasteiger partial charge in [0.2, 0.25) is 5.91 Å². The Labute approximate surface area is 158 Å². The number of hydrogen-bond donors (Lipinski definition) is 5. The van der Waals surface area contributed by atoms with Crippen molar-refractivity contribution < 1.29 is 24.9 Å². The molecule has 0 aliphatic heterocycles. The number of amides is 1. The van der Waals surface area contributed by atoms with Crippen LogP contribution in [-0.2, 0) is 4.79 Å². The highest BCUT2D eigenvalue weighted by Gasteiger charge is 2.09. The molecule has 2 rings (SSSR count). The summed E-state index contributed by atoms with van der Waals surface area (Å²) >= 11 is 0. The quantitative estimate of drug-likeness (QED) is 0.353. The average Bonchev–Trinajstić information content (AvgIpc) is 2.58. The van der Waals surface area contributed by atoms with E-state index in [1.807, 2.05) is 0 Å². The molecule has 5 N–H and O–H groups in total. The Morgan fingerprint density at radius 3 is 2.42 bits per heavy atom. The van der Waals surface area contributed by atoms with Gasteiger partial charge in [-0.3, -0.25) is 4.79 Å². The lowest BCUT2D eigenvalue weighted by Crippen LogP contribution is -2.26. The van der Waals surface area contributed by atoms with Gasteiger partial charge in [0.05, 0.1) is 6.10 Å². The van der Waals surface area contributed by atoms with Crippen molar-refractivity contribution in [3.05, 3.63) is 48.0 Å². The fourth-order valence-electron chi connectivity index (χ4n) is 2.18. The second-order valence-electron chi connectivity index (χ2n) is 5.52. The lowest BCUT2D eigenvalue weighted by molar-refractivity contribution is -0.114. The van der Waals surface area contributed by atoms with E-state index in [1.54, 1.807) is 30.3 Å². The minimum Gasteiger partial charge on any atom is -0.504 e. The third-order valence-electron chi connectivity index (χ3n) is 3.44. The summed E-state index contributed by atoms with van der Waals surface area (Å²) in [4.78, 5) is 10.9. The van der Waals surface area contributed by atoms with Gasteiger partial charge in [0.15, 0.2) is 11.5 Å². The highest BCUT2D eigenvalue weighted by molar-refractivity contribution is 5.88. The molecule has 0 fully saturated rings. The predicted molar refractivity (Wildman–Crippen MR) is 101 cm³/mol. The zero-order valence-corrected chi connectivity index (χ0v) is 15.1. The third-order valence-corrected chi connectivity index (χ3v) is 3.44. The summed E-state index contributed by atoms with van der Waals surface area (Å²) in [7, 11) is 0. The zero-order valence-electron chi connectivity index (χ0n) is 14.3. The van der Waals surface area contributed by atoms with Gasteiger partial charge in [-0.2, -0.15) is 0 Å². The number of anilines is 1. The lowest BCUT2D eigenvalue weighted by Gasteiger charge is -2.13. The van der Waals surface area contributed by atoms with Gasteiger partial charge in [-0.1, -0.05) is 6.07 Å². The van der Waals surface area contributed by atoms with Crippen LogP contribution in [0.15, 0.2) is 42.5 Å². The topological polar surface area (TPSA) is 111 Å². The fraction of sp³-hybridized carbons (Fsp3) is 0.278. The minimum absolute atomic E-state index is 0. The smallest absolute Gasteiger partial charge is 0.221 e. The molecule has 1 amide bonds. The Morgan fingerprint density at radius 2 is 1.81 bits per heavy atom. The molecule has 0 bridgehead atoms. The van der Waals surface area contributed by atoms with E-state index < -0.39 is 6.10 Å². The third kappa shape index (κ3) is 6.79. The number of aliphatic hydroxyl groups is 1. The van der Waals surface area contributed by atoms with Gasteiger partial charge < -0.3 is 30.7 Å². The molecule has 1 atom stereocenters. The number of hydrogen-bond acceptors (Lipinski definition) is 6. The van der Waals surface area contributed by atoms with E-state index in [0.29, 0.717) is 30.2 Å². The Kier molecular flexibility index (Phi) is 8.71. The Morgan fingerprint density at radius 1 is 1.12 bits per heavy atom. The molecule has 0 aliphatic rings. The van der Waals surface area contributed by atoms with Gasteiger partial charge in [0.1, 0.15) is 12.4 Å². The number of halogens is 1. The highest BCUT2D eigenvalue weighted by Crippen LogP contribution is 2.27. The molecule has 7 nitrogen and oxygen atoms in total. The summed E-state index contributed by atoms with van der Waals surface area (Å²) in [5, 5.41) is 34.4. The van der Waals surface area contributed by atoms with Crippen molar-refractivity contribution in [2.75, 3.05) is 25.0 Å². The number of carbonyl (C=O) groups excluding carboxylic acids is 1. The summed E-state index contributed by atoms with van der Waals surface area (Å²) in [6.07, 6.45) is -0.802. The number of phenolic OH excluding ortho intramolecular Hbond substituents is 2. The van der Waals surface area contributed by atoms with E-state index in [2.05, 4.69) is 10.6 Å². The van der Waals surface area contributed by atoms with Crippen molar-refractivity contribution in [1.82, 2.24) is 5.32 Å². The van der Waals surface area contributed by atoms with Gasteiger partial charge in [-0.05, 0) is 42.0 Å². The Bertz CT molecular complexity index is 709. The van der Waals surface area contributed by atoms with Gasteiger partial charge >= 0.3 is 0 Å². The number of nitrogens with one attached hydrogen (secondary N) is 2. The van der Waals surface area contributed by atoms with Crippen molar-refractivity contribution in [3.63, 3.8) is 0 Å². The van der Waals surface area contributed by atoms with Crippen LogP contribution in [0.3, 0.4) is 0 Å². The second kappa shape index (κ2) is 10.5. The molecule has 0 aromatic heterocycles. The summed E-state index contributed by atoms with van der Waals surface area (Å²) in [5.74, 6) is 0.0719. The van der Waals surface area contributed by atoms with Crippen LogP contribution in [0.4, 0.5) is 5.69 Å². The number of rotatable bonds is 8. The maximum absolute atomic E-state index is 10.9. The number of phenols is 2. The second-order valence-corrected chi connectivity index (χ2v) is 5.52. The van der Waals surface area contributed by atoms with E-state index in [1.165, 1.54) is 19.1 Å². The molecule has 0 spiro atoms. The van der Waals surface area contributed by atoms with Crippen molar-refractivity contribution in [3.8, 4) is 17.2 Å². The van der Waals surface area contributed by atoms with Crippen LogP contribution in [0.5, 0.6) is 17.2 Å². The molecule has 1 unspecified atom stereocenters. The Balaban J connectivity index is 0.00000338. The van der Waals surface area contributed by atoms with Crippen LogP contribution in [-0.4, -0.2) is 40.9 Å². The molecule has 2 aromatic rings. The van der Waals surface area contributed by atoms with Crippen molar-refractivity contribution in [2.24, 2.45) is 0 Å².